The molecule has 4 heteroatoms. The van der Waals surface area contributed by atoms with E-state index >= 15 is 0 Å². The molecule has 0 saturated heterocycles. The Labute approximate surface area is 126 Å². The summed E-state index contributed by atoms with van der Waals surface area (Å²) in [4.78, 5) is 22.8. The molecule has 0 bridgehead atoms. The molecule has 0 fully saturated rings. The molecule has 2 atom stereocenters. The number of nitrogens with one attached hydrogen (secondary N) is 1. The average Bonchev–Trinajstić information content (AvgIpc) is 2.46. The maximum atomic E-state index is 11.9. The van der Waals surface area contributed by atoms with Crippen molar-refractivity contribution >= 4 is 11.7 Å². The summed E-state index contributed by atoms with van der Waals surface area (Å²) in [6.07, 6.45) is 1.65. The summed E-state index contributed by atoms with van der Waals surface area (Å²) in [5.74, 6) is 0.740. The molecular weight excluding hydrogens is 266 g/mol. The first-order valence-electron chi connectivity index (χ1n) is 7.47. The van der Waals surface area contributed by atoms with Crippen LogP contribution in [-0.4, -0.2) is 23.8 Å². The van der Waals surface area contributed by atoms with Crippen LogP contribution in [-0.2, 0) is 16.0 Å². The van der Waals surface area contributed by atoms with Crippen molar-refractivity contribution in [3.63, 3.8) is 0 Å². The lowest BCUT2D eigenvalue weighted by Crippen LogP contribution is -2.40. The number of benzene rings is 1. The summed E-state index contributed by atoms with van der Waals surface area (Å²) in [5.41, 5.74) is 1.09. The molecule has 2 unspecified atom stereocenters. The molecule has 0 spiro atoms. The lowest BCUT2D eigenvalue weighted by molar-refractivity contribution is -0.127. The Morgan fingerprint density at radius 3 is 2.33 bits per heavy atom. The van der Waals surface area contributed by atoms with E-state index in [4.69, 9.17) is 4.74 Å². The van der Waals surface area contributed by atoms with E-state index in [1.165, 1.54) is 0 Å². The van der Waals surface area contributed by atoms with Crippen LogP contribution < -0.4 is 10.1 Å². The van der Waals surface area contributed by atoms with Crippen LogP contribution >= 0.6 is 0 Å². The number of ketones is 1. The molecule has 0 aromatic heterocycles. The summed E-state index contributed by atoms with van der Waals surface area (Å²) in [7, 11) is 0. The molecule has 0 aliphatic heterocycles. The van der Waals surface area contributed by atoms with E-state index in [-0.39, 0.29) is 17.7 Å². The predicted molar refractivity (Wildman–Crippen MR) is 83.4 cm³/mol. The van der Waals surface area contributed by atoms with Gasteiger partial charge in [-0.2, -0.15) is 0 Å². The first-order chi connectivity index (χ1) is 9.92. The molecule has 21 heavy (non-hydrogen) atoms. The molecule has 0 radical (unpaired) electrons. The molecule has 0 aliphatic rings. The van der Waals surface area contributed by atoms with Crippen LogP contribution in [0.2, 0.25) is 0 Å². The molecule has 116 valence electrons. The van der Waals surface area contributed by atoms with Crippen molar-refractivity contribution < 1.29 is 14.3 Å². The number of amides is 1. The highest BCUT2D eigenvalue weighted by Gasteiger charge is 2.16. The van der Waals surface area contributed by atoms with Crippen molar-refractivity contribution in [3.05, 3.63) is 29.8 Å². The fourth-order valence-corrected chi connectivity index (χ4v) is 1.77. The number of Topliss-reactive ketones (excluding diaryl/α,β-unsaturated/α-hetero) is 1. The number of aryl methyl sites for hydroxylation is 1. The van der Waals surface area contributed by atoms with Gasteiger partial charge < -0.3 is 14.8 Å². The lowest BCUT2D eigenvalue weighted by Gasteiger charge is -2.17. The van der Waals surface area contributed by atoms with Crippen molar-refractivity contribution in [3.8, 4) is 5.75 Å². The quantitative estimate of drug-likeness (QED) is 0.801. The fraction of sp³-hybridized carbons (Fsp3) is 0.529. The second-order valence-corrected chi connectivity index (χ2v) is 5.42. The van der Waals surface area contributed by atoms with Crippen LogP contribution in [0.15, 0.2) is 24.3 Å². The van der Waals surface area contributed by atoms with E-state index in [9.17, 15) is 9.59 Å². The Balaban J connectivity index is 2.51. The van der Waals surface area contributed by atoms with E-state index in [0.29, 0.717) is 12.2 Å². The van der Waals surface area contributed by atoms with Gasteiger partial charge in [-0.15, -0.1) is 0 Å². The van der Waals surface area contributed by atoms with Crippen molar-refractivity contribution in [2.75, 3.05) is 0 Å². The zero-order valence-electron chi connectivity index (χ0n) is 13.3. The van der Waals surface area contributed by atoms with Crippen molar-refractivity contribution in [2.24, 2.45) is 0 Å². The Kier molecular flexibility index (Phi) is 6.92. The number of hydrogen-bond acceptors (Lipinski definition) is 3. The second kappa shape index (κ2) is 8.45. The van der Waals surface area contributed by atoms with Gasteiger partial charge in [0.15, 0.2) is 6.10 Å². The molecule has 0 heterocycles. The SMILES string of the molecule is CCC(C)NC(=O)C(C)Oc1ccc(CCC(C)=O)cc1. The first kappa shape index (κ1) is 17.2. The molecule has 4 nitrogen and oxygen atoms in total. The van der Waals surface area contributed by atoms with Crippen molar-refractivity contribution in [1.82, 2.24) is 5.32 Å². The third-order valence-electron chi connectivity index (χ3n) is 3.37. The van der Waals surface area contributed by atoms with E-state index in [1.807, 2.05) is 38.1 Å². The van der Waals surface area contributed by atoms with Gasteiger partial charge in [-0.3, -0.25) is 4.79 Å². The minimum Gasteiger partial charge on any atom is -0.481 e. The smallest absolute Gasteiger partial charge is 0.260 e. The van der Waals surface area contributed by atoms with Gasteiger partial charge in [-0.1, -0.05) is 19.1 Å². The highest BCUT2D eigenvalue weighted by atomic mass is 16.5. The van der Waals surface area contributed by atoms with Gasteiger partial charge in [-0.05, 0) is 51.3 Å². The standard InChI is InChI=1S/C17H25NO3/c1-5-12(2)18-17(20)14(4)21-16-10-8-15(9-11-16)7-6-13(3)19/h8-12,14H,5-7H2,1-4H3,(H,18,20). The van der Waals surface area contributed by atoms with Gasteiger partial charge in [0.25, 0.3) is 5.91 Å². The summed E-state index contributed by atoms with van der Waals surface area (Å²) in [6.45, 7) is 7.32. The highest BCUT2D eigenvalue weighted by molar-refractivity contribution is 5.81. The van der Waals surface area contributed by atoms with Crippen molar-refractivity contribution in [2.45, 2.75) is 59.1 Å². The lowest BCUT2D eigenvalue weighted by atomic mass is 10.1. The van der Waals surface area contributed by atoms with Crippen LogP contribution in [0.25, 0.3) is 0 Å². The molecule has 1 aromatic rings. The van der Waals surface area contributed by atoms with Gasteiger partial charge >= 0.3 is 0 Å². The molecular formula is C17H25NO3. The van der Waals surface area contributed by atoms with Crippen LogP contribution in [0.1, 0.15) is 46.1 Å². The number of hydrogen-bond donors (Lipinski definition) is 1. The van der Waals surface area contributed by atoms with Gasteiger partial charge in [0.05, 0.1) is 0 Å². The Morgan fingerprint density at radius 1 is 1.19 bits per heavy atom. The monoisotopic (exact) mass is 291 g/mol. The summed E-state index contributed by atoms with van der Waals surface area (Å²) in [6, 6.07) is 7.68. The van der Waals surface area contributed by atoms with E-state index in [0.717, 1.165) is 18.4 Å². The Bertz CT molecular complexity index is 467. The predicted octanol–water partition coefficient (Wildman–Crippen LogP) is 2.89. The molecule has 1 N–H and O–H groups in total. The van der Waals surface area contributed by atoms with Gasteiger partial charge in [0, 0.05) is 12.5 Å². The minimum absolute atomic E-state index is 0.106. The van der Waals surface area contributed by atoms with Crippen LogP contribution in [0.4, 0.5) is 0 Å². The summed E-state index contributed by atoms with van der Waals surface area (Å²) in [5, 5.41) is 2.89. The topological polar surface area (TPSA) is 55.4 Å². The maximum Gasteiger partial charge on any atom is 0.260 e. The maximum absolute atomic E-state index is 11.9. The third kappa shape index (κ3) is 6.43. The van der Waals surface area contributed by atoms with Gasteiger partial charge in [0.2, 0.25) is 0 Å². The second-order valence-electron chi connectivity index (χ2n) is 5.42. The normalized spacial score (nSPS) is 13.3. The number of ether oxygens (including phenoxy) is 1. The number of carbonyl (C=O) groups excluding carboxylic acids is 2. The number of carbonyl (C=O) groups is 2. The summed E-state index contributed by atoms with van der Waals surface area (Å²) >= 11 is 0. The fourth-order valence-electron chi connectivity index (χ4n) is 1.77. The van der Waals surface area contributed by atoms with Gasteiger partial charge in [-0.25, -0.2) is 0 Å². The van der Waals surface area contributed by atoms with E-state index in [2.05, 4.69) is 5.32 Å². The van der Waals surface area contributed by atoms with Crippen LogP contribution in [0.5, 0.6) is 5.75 Å². The van der Waals surface area contributed by atoms with Crippen molar-refractivity contribution in [1.29, 1.82) is 0 Å². The zero-order chi connectivity index (χ0) is 15.8. The molecule has 1 amide bonds. The Hall–Kier alpha value is -1.84. The highest BCUT2D eigenvalue weighted by Crippen LogP contribution is 2.15. The van der Waals surface area contributed by atoms with Gasteiger partial charge in [0.1, 0.15) is 11.5 Å². The molecule has 1 aromatic carbocycles. The molecule has 0 saturated carbocycles. The Morgan fingerprint density at radius 2 is 1.81 bits per heavy atom. The largest absolute Gasteiger partial charge is 0.481 e. The first-order valence-corrected chi connectivity index (χ1v) is 7.47. The van der Waals surface area contributed by atoms with Crippen LogP contribution in [0.3, 0.4) is 0 Å². The molecule has 1 rings (SSSR count). The van der Waals surface area contributed by atoms with Crippen LogP contribution in [0, 0.1) is 0 Å². The third-order valence-corrected chi connectivity index (χ3v) is 3.37. The zero-order valence-corrected chi connectivity index (χ0v) is 13.3. The minimum atomic E-state index is -0.526. The van der Waals surface area contributed by atoms with E-state index < -0.39 is 6.10 Å². The average molecular weight is 291 g/mol. The van der Waals surface area contributed by atoms with E-state index in [1.54, 1.807) is 13.8 Å². The number of rotatable bonds is 8. The molecule has 0 aliphatic carbocycles. The summed E-state index contributed by atoms with van der Waals surface area (Å²) < 4.78 is 5.62.